The van der Waals surface area contributed by atoms with Gasteiger partial charge in [-0.1, -0.05) is 31.2 Å². The maximum Gasteiger partial charge on any atom is 0.251 e. The lowest BCUT2D eigenvalue weighted by atomic mass is 10.0. The van der Waals surface area contributed by atoms with Gasteiger partial charge >= 0.3 is 0 Å². The molecule has 0 bridgehead atoms. The van der Waals surface area contributed by atoms with Gasteiger partial charge in [-0.05, 0) is 55.2 Å². The summed E-state index contributed by atoms with van der Waals surface area (Å²) < 4.78 is 27.8. The Kier molecular flexibility index (Phi) is 5.95. The smallest absolute Gasteiger partial charge is 0.251 e. The largest absolute Gasteiger partial charge is 0.347 e. The summed E-state index contributed by atoms with van der Waals surface area (Å²) in [6, 6.07) is 14.3. The van der Waals surface area contributed by atoms with Crippen LogP contribution < -0.4 is 9.62 Å². The summed E-state index contributed by atoms with van der Waals surface area (Å²) in [5.41, 5.74) is 2.84. The molecule has 1 aliphatic heterocycles. The standard InChI is InChI=1S/C22H27N5O3S/c1-16(2)20(15-26-21-8-4-3-7-19(21)24-25-26)23-22(28)17-9-11-18(12-10-17)27-13-5-6-14-31(27,29)30/h3-4,7-12,16,20H,5-6,13-15H2,1-2H3,(H,23,28)/t20-/m1/s1. The minimum Gasteiger partial charge on any atom is -0.347 e. The highest BCUT2D eigenvalue weighted by molar-refractivity contribution is 7.92. The van der Waals surface area contributed by atoms with Gasteiger partial charge < -0.3 is 5.32 Å². The van der Waals surface area contributed by atoms with E-state index in [4.69, 9.17) is 0 Å². The van der Waals surface area contributed by atoms with Crippen LogP contribution in [0, 0.1) is 5.92 Å². The minimum absolute atomic E-state index is 0.139. The number of hydrogen-bond donors (Lipinski definition) is 1. The molecule has 0 saturated carbocycles. The maximum absolute atomic E-state index is 12.9. The average Bonchev–Trinajstić information content (AvgIpc) is 3.16. The van der Waals surface area contributed by atoms with Crippen molar-refractivity contribution in [2.45, 2.75) is 39.3 Å². The molecule has 1 amide bonds. The third-order valence-corrected chi connectivity index (χ3v) is 7.55. The topological polar surface area (TPSA) is 97.2 Å². The molecule has 1 fully saturated rings. The number of nitrogens with zero attached hydrogens (tertiary/aromatic N) is 4. The molecule has 0 radical (unpaired) electrons. The first kappa shape index (κ1) is 21.3. The van der Waals surface area contributed by atoms with Gasteiger partial charge in [-0.3, -0.25) is 9.10 Å². The Labute approximate surface area is 182 Å². The monoisotopic (exact) mass is 441 g/mol. The number of carbonyl (C=O) groups is 1. The fraction of sp³-hybridized carbons (Fsp3) is 0.409. The van der Waals surface area contributed by atoms with Crippen LogP contribution in [0.1, 0.15) is 37.0 Å². The Morgan fingerprint density at radius 1 is 1.10 bits per heavy atom. The van der Waals surface area contributed by atoms with Crippen LogP contribution in [-0.2, 0) is 16.6 Å². The molecule has 0 aliphatic carbocycles. The molecular formula is C22H27N5O3S. The normalized spacial score (nSPS) is 17.1. The van der Waals surface area contributed by atoms with E-state index in [1.165, 1.54) is 4.31 Å². The Morgan fingerprint density at radius 2 is 1.84 bits per heavy atom. The molecule has 8 nitrogen and oxygen atoms in total. The molecule has 164 valence electrons. The van der Waals surface area contributed by atoms with Crippen LogP contribution in [0.5, 0.6) is 0 Å². The third kappa shape index (κ3) is 4.56. The van der Waals surface area contributed by atoms with Crippen LogP contribution >= 0.6 is 0 Å². The third-order valence-electron chi connectivity index (χ3n) is 5.68. The first-order chi connectivity index (χ1) is 14.8. The molecule has 3 aromatic rings. The number of nitrogens with one attached hydrogen (secondary N) is 1. The first-order valence-electron chi connectivity index (χ1n) is 10.5. The molecule has 9 heteroatoms. The van der Waals surface area contributed by atoms with Crippen molar-refractivity contribution in [3.05, 3.63) is 54.1 Å². The van der Waals surface area contributed by atoms with Crippen LogP contribution in [0.3, 0.4) is 0 Å². The van der Waals surface area contributed by atoms with Crippen molar-refractivity contribution in [3.63, 3.8) is 0 Å². The zero-order valence-corrected chi connectivity index (χ0v) is 18.5. The van der Waals surface area contributed by atoms with Crippen LogP contribution in [0.25, 0.3) is 11.0 Å². The van der Waals surface area contributed by atoms with E-state index < -0.39 is 10.0 Å². The number of anilines is 1. The lowest BCUT2D eigenvalue weighted by molar-refractivity contribution is 0.0919. The van der Waals surface area contributed by atoms with Crippen molar-refractivity contribution < 1.29 is 13.2 Å². The highest BCUT2D eigenvalue weighted by Crippen LogP contribution is 2.24. The lowest BCUT2D eigenvalue weighted by Crippen LogP contribution is -2.41. The number of fused-ring (bicyclic) bond motifs is 1. The van der Waals surface area contributed by atoms with Crippen molar-refractivity contribution in [3.8, 4) is 0 Å². The second-order valence-corrected chi connectivity index (χ2v) is 10.2. The van der Waals surface area contributed by atoms with Gasteiger partial charge in [-0.2, -0.15) is 0 Å². The van der Waals surface area contributed by atoms with Gasteiger partial charge in [0.25, 0.3) is 5.91 Å². The fourth-order valence-electron chi connectivity index (χ4n) is 3.77. The lowest BCUT2D eigenvalue weighted by Gasteiger charge is -2.28. The fourth-order valence-corrected chi connectivity index (χ4v) is 5.41. The maximum atomic E-state index is 12.9. The molecule has 1 aromatic heterocycles. The van der Waals surface area contributed by atoms with Crippen LogP contribution in [0.15, 0.2) is 48.5 Å². The summed E-state index contributed by atoms with van der Waals surface area (Å²) in [7, 11) is -3.27. The van der Waals surface area contributed by atoms with Crippen molar-refractivity contribution in [2.24, 2.45) is 5.92 Å². The molecule has 1 atom stereocenters. The summed E-state index contributed by atoms with van der Waals surface area (Å²) in [4.78, 5) is 12.9. The predicted octanol–water partition coefficient (Wildman–Crippen LogP) is 2.82. The molecule has 1 aliphatic rings. The molecule has 2 heterocycles. The van der Waals surface area contributed by atoms with Crippen molar-refractivity contribution in [1.29, 1.82) is 0 Å². The number of amides is 1. The van der Waals surface area contributed by atoms with Gasteiger partial charge in [-0.25, -0.2) is 13.1 Å². The highest BCUT2D eigenvalue weighted by atomic mass is 32.2. The zero-order chi connectivity index (χ0) is 22.0. The molecule has 0 spiro atoms. The van der Waals surface area contributed by atoms with Gasteiger partial charge in [0.05, 0.1) is 29.5 Å². The molecule has 2 aromatic carbocycles. The number of carbonyl (C=O) groups excluding carboxylic acids is 1. The predicted molar refractivity (Wildman–Crippen MR) is 120 cm³/mol. The molecule has 1 saturated heterocycles. The molecule has 1 N–H and O–H groups in total. The molecule has 0 unspecified atom stereocenters. The SMILES string of the molecule is CC(C)[C@@H](Cn1nnc2ccccc21)NC(=O)c1ccc(N2CCCCS2(=O)=O)cc1. The summed E-state index contributed by atoms with van der Waals surface area (Å²) in [6.07, 6.45) is 1.53. The van der Waals surface area contributed by atoms with Gasteiger partial charge in [0.1, 0.15) is 5.52 Å². The molecule has 31 heavy (non-hydrogen) atoms. The van der Waals surface area contributed by atoms with Crippen LogP contribution in [0.2, 0.25) is 0 Å². The van der Waals surface area contributed by atoms with Gasteiger partial charge in [0.2, 0.25) is 10.0 Å². The zero-order valence-electron chi connectivity index (χ0n) is 17.7. The van der Waals surface area contributed by atoms with E-state index in [-0.39, 0.29) is 23.6 Å². The Hall–Kier alpha value is -2.94. The van der Waals surface area contributed by atoms with E-state index >= 15 is 0 Å². The number of hydrogen-bond acceptors (Lipinski definition) is 5. The van der Waals surface area contributed by atoms with E-state index in [2.05, 4.69) is 15.6 Å². The number of para-hydroxylation sites is 1. The average molecular weight is 442 g/mol. The summed E-state index contributed by atoms with van der Waals surface area (Å²) in [6.45, 7) is 5.09. The van der Waals surface area contributed by atoms with E-state index in [1.54, 1.807) is 24.3 Å². The minimum atomic E-state index is -3.27. The van der Waals surface area contributed by atoms with E-state index in [0.29, 0.717) is 30.8 Å². The second-order valence-electron chi connectivity index (χ2n) is 8.23. The Morgan fingerprint density at radius 3 is 2.55 bits per heavy atom. The number of rotatable bonds is 6. The summed E-state index contributed by atoms with van der Waals surface area (Å²) in [5.74, 6) is 0.156. The van der Waals surface area contributed by atoms with Crippen LogP contribution in [0.4, 0.5) is 5.69 Å². The van der Waals surface area contributed by atoms with Crippen molar-refractivity contribution >= 4 is 32.7 Å². The number of benzene rings is 2. The summed E-state index contributed by atoms with van der Waals surface area (Å²) in [5, 5.41) is 11.5. The summed E-state index contributed by atoms with van der Waals surface area (Å²) >= 11 is 0. The number of sulfonamides is 1. The van der Waals surface area contributed by atoms with E-state index in [0.717, 1.165) is 17.5 Å². The number of aromatic nitrogens is 3. The van der Waals surface area contributed by atoms with Gasteiger partial charge in [0.15, 0.2) is 0 Å². The first-order valence-corrected chi connectivity index (χ1v) is 12.2. The molecule has 4 rings (SSSR count). The quantitative estimate of drug-likeness (QED) is 0.634. The molecular weight excluding hydrogens is 414 g/mol. The van der Waals surface area contributed by atoms with Gasteiger partial charge in [0, 0.05) is 12.1 Å². The second kappa shape index (κ2) is 8.66. The van der Waals surface area contributed by atoms with Crippen molar-refractivity contribution in [1.82, 2.24) is 20.3 Å². The Bertz CT molecular complexity index is 1170. The van der Waals surface area contributed by atoms with Crippen LogP contribution in [-0.4, -0.2) is 47.7 Å². The highest BCUT2D eigenvalue weighted by Gasteiger charge is 2.26. The van der Waals surface area contributed by atoms with E-state index in [1.807, 2.05) is 42.8 Å². The van der Waals surface area contributed by atoms with Gasteiger partial charge in [-0.15, -0.1) is 5.10 Å². The Balaban J connectivity index is 1.48. The van der Waals surface area contributed by atoms with E-state index in [9.17, 15) is 13.2 Å². The van der Waals surface area contributed by atoms with Crippen molar-refractivity contribution in [2.75, 3.05) is 16.6 Å².